The summed E-state index contributed by atoms with van der Waals surface area (Å²) in [6.45, 7) is 0.671. The lowest BCUT2D eigenvalue weighted by Gasteiger charge is -2.22. The van der Waals surface area contributed by atoms with E-state index in [9.17, 15) is 9.59 Å². The second kappa shape index (κ2) is 8.41. The van der Waals surface area contributed by atoms with Gasteiger partial charge in [-0.15, -0.1) is 0 Å². The summed E-state index contributed by atoms with van der Waals surface area (Å²) in [6, 6.07) is 0. The van der Waals surface area contributed by atoms with Gasteiger partial charge in [0.25, 0.3) is 0 Å². The summed E-state index contributed by atoms with van der Waals surface area (Å²) >= 11 is 0. The fourth-order valence-electron chi connectivity index (χ4n) is 2.54. The van der Waals surface area contributed by atoms with Crippen LogP contribution in [0, 0.1) is 5.41 Å². The average Bonchev–Trinajstić information content (AvgIpc) is 3.09. The molecule has 0 bridgehead atoms. The van der Waals surface area contributed by atoms with Crippen molar-refractivity contribution in [3.8, 4) is 0 Å². The highest BCUT2D eigenvalue weighted by Crippen LogP contribution is 2.42. The number of carboxylic acids is 2. The number of aromatic nitrogens is 2. The van der Waals surface area contributed by atoms with Crippen LogP contribution in [-0.4, -0.2) is 38.7 Å². The van der Waals surface area contributed by atoms with Gasteiger partial charge >= 0.3 is 11.9 Å². The minimum atomic E-state index is -0.910. The molecule has 0 atom stereocenters. The van der Waals surface area contributed by atoms with Gasteiger partial charge in [0.2, 0.25) is 0 Å². The van der Waals surface area contributed by atoms with E-state index in [0.29, 0.717) is 19.4 Å². The van der Waals surface area contributed by atoms with Crippen molar-refractivity contribution < 1.29 is 19.8 Å². The van der Waals surface area contributed by atoms with Crippen LogP contribution in [0.5, 0.6) is 0 Å². The standard InChI is InChI=1S/C9H14O4.C5H9N3/c10-7(11)3-6-9(8(12)13)4-1-2-5-9;6-2-1-5-3-7-4-8-5/h1-6H2,(H,10,11)(H,12,13);3-4H,1-2,6H2,(H,7,8). The van der Waals surface area contributed by atoms with E-state index < -0.39 is 17.4 Å². The molecule has 1 heterocycles. The number of hydrogen-bond donors (Lipinski definition) is 4. The number of rotatable bonds is 6. The molecule has 0 radical (unpaired) electrons. The zero-order chi connectivity index (χ0) is 15.7. The third-order valence-corrected chi connectivity index (χ3v) is 3.79. The SMILES string of the molecule is NCCc1c[nH]cn1.O=C(O)CCC1(C(=O)O)CCCC1. The second-order valence-corrected chi connectivity index (χ2v) is 5.29. The minimum absolute atomic E-state index is 0.0354. The van der Waals surface area contributed by atoms with E-state index in [1.165, 1.54) is 0 Å². The maximum absolute atomic E-state index is 10.9. The minimum Gasteiger partial charge on any atom is -0.481 e. The van der Waals surface area contributed by atoms with Gasteiger partial charge in [0.1, 0.15) is 0 Å². The fraction of sp³-hybridized carbons (Fsp3) is 0.643. The van der Waals surface area contributed by atoms with Crippen molar-refractivity contribution in [1.29, 1.82) is 0 Å². The van der Waals surface area contributed by atoms with E-state index in [1.807, 2.05) is 6.20 Å². The normalized spacial score (nSPS) is 16.0. The van der Waals surface area contributed by atoms with E-state index in [0.717, 1.165) is 25.0 Å². The van der Waals surface area contributed by atoms with Gasteiger partial charge in [-0.25, -0.2) is 4.98 Å². The molecule has 0 saturated heterocycles. The number of H-pyrrole nitrogens is 1. The summed E-state index contributed by atoms with van der Waals surface area (Å²) in [7, 11) is 0. The van der Waals surface area contributed by atoms with Gasteiger partial charge in [-0.05, 0) is 25.8 Å². The van der Waals surface area contributed by atoms with Crippen molar-refractivity contribution in [1.82, 2.24) is 9.97 Å². The Morgan fingerprint density at radius 2 is 2.00 bits per heavy atom. The number of nitrogens with zero attached hydrogens (tertiary/aromatic N) is 1. The van der Waals surface area contributed by atoms with E-state index in [1.54, 1.807) is 6.33 Å². The molecule has 1 fully saturated rings. The number of nitrogens with one attached hydrogen (secondary N) is 1. The molecule has 0 aliphatic heterocycles. The Morgan fingerprint density at radius 1 is 1.33 bits per heavy atom. The van der Waals surface area contributed by atoms with Crippen LogP contribution >= 0.6 is 0 Å². The average molecular weight is 297 g/mol. The first kappa shape index (κ1) is 17.2. The Hall–Kier alpha value is -1.89. The van der Waals surface area contributed by atoms with Crippen LogP contribution in [0.1, 0.15) is 44.2 Å². The van der Waals surface area contributed by atoms with Crippen LogP contribution in [0.25, 0.3) is 0 Å². The zero-order valence-corrected chi connectivity index (χ0v) is 12.0. The highest BCUT2D eigenvalue weighted by molar-refractivity contribution is 5.76. The van der Waals surface area contributed by atoms with Gasteiger partial charge in [0, 0.05) is 19.0 Å². The highest BCUT2D eigenvalue weighted by Gasteiger charge is 2.41. The predicted molar refractivity (Wildman–Crippen MR) is 76.8 cm³/mol. The largest absolute Gasteiger partial charge is 0.481 e. The van der Waals surface area contributed by atoms with Gasteiger partial charge in [0.05, 0.1) is 17.4 Å². The van der Waals surface area contributed by atoms with Gasteiger partial charge in [-0.1, -0.05) is 12.8 Å². The van der Waals surface area contributed by atoms with Crippen LogP contribution in [0.4, 0.5) is 0 Å². The maximum atomic E-state index is 10.9. The molecular formula is C14H23N3O4. The zero-order valence-electron chi connectivity index (χ0n) is 12.0. The Labute approximate surface area is 123 Å². The van der Waals surface area contributed by atoms with E-state index in [2.05, 4.69) is 9.97 Å². The predicted octanol–water partition coefficient (Wildman–Crippen LogP) is 1.41. The lowest BCUT2D eigenvalue weighted by atomic mass is 9.82. The third kappa shape index (κ3) is 5.55. The third-order valence-electron chi connectivity index (χ3n) is 3.79. The van der Waals surface area contributed by atoms with Crippen LogP contribution in [-0.2, 0) is 16.0 Å². The van der Waals surface area contributed by atoms with Crippen LogP contribution in [0.2, 0.25) is 0 Å². The number of imidazole rings is 1. The first-order valence-corrected chi connectivity index (χ1v) is 7.13. The number of nitrogens with two attached hydrogens (primary N) is 1. The van der Waals surface area contributed by atoms with Crippen molar-refractivity contribution in [2.45, 2.75) is 44.9 Å². The van der Waals surface area contributed by atoms with Crippen molar-refractivity contribution in [3.63, 3.8) is 0 Å². The summed E-state index contributed by atoms with van der Waals surface area (Å²) in [5, 5.41) is 17.5. The molecule has 1 aliphatic rings. The monoisotopic (exact) mass is 297 g/mol. The molecule has 2 rings (SSSR count). The van der Waals surface area contributed by atoms with Gasteiger partial charge in [0.15, 0.2) is 0 Å². The molecule has 21 heavy (non-hydrogen) atoms. The molecule has 0 unspecified atom stereocenters. The van der Waals surface area contributed by atoms with Crippen molar-refractivity contribution >= 4 is 11.9 Å². The molecule has 7 heteroatoms. The van der Waals surface area contributed by atoms with Gasteiger partial charge < -0.3 is 20.9 Å². The topological polar surface area (TPSA) is 129 Å². The molecular weight excluding hydrogens is 274 g/mol. The van der Waals surface area contributed by atoms with Crippen LogP contribution < -0.4 is 5.73 Å². The summed E-state index contributed by atoms with van der Waals surface area (Å²) in [5.41, 5.74) is 5.56. The molecule has 0 amide bonds. The molecule has 1 aromatic heterocycles. The van der Waals surface area contributed by atoms with Crippen molar-refractivity contribution in [2.75, 3.05) is 6.54 Å². The number of aliphatic carboxylic acids is 2. The Kier molecular flexibility index (Phi) is 6.87. The number of carbonyl (C=O) groups is 2. The maximum Gasteiger partial charge on any atom is 0.309 e. The lowest BCUT2D eigenvalue weighted by Crippen LogP contribution is -2.28. The summed E-state index contributed by atoms with van der Waals surface area (Å²) in [5.74, 6) is -1.74. The Bertz CT molecular complexity index is 439. The highest BCUT2D eigenvalue weighted by atomic mass is 16.4. The fourth-order valence-corrected chi connectivity index (χ4v) is 2.54. The summed E-state index contributed by atoms with van der Waals surface area (Å²) < 4.78 is 0. The molecule has 118 valence electrons. The number of hydrogen-bond acceptors (Lipinski definition) is 4. The molecule has 0 spiro atoms. The lowest BCUT2D eigenvalue weighted by molar-refractivity contribution is -0.150. The van der Waals surface area contributed by atoms with E-state index in [4.69, 9.17) is 15.9 Å². The molecule has 0 aromatic carbocycles. The smallest absolute Gasteiger partial charge is 0.309 e. The molecule has 1 saturated carbocycles. The van der Waals surface area contributed by atoms with E-state index in [-0.39, 0.29) is 12.8 Å². The Morgan fingerprint density at radius 3 is 2.43 bits per heavy atom. The van der Waals surface area contributed by atoms with Crippen LogP contribution in [0.15, 0.2) is 12.5 Å². The van der Waals surface area contributed by atoms with Crippen LogP contribution in [0.3, 0.4) is 0 Å². The molecule has 1 aliphatic carbocycles. The summed E-state index contributed by atoms with van der Waals surface area (Å²) in [6.07, 6.45) is 7.70. The number of aromatic amines is 1. The number of carboxylic acid groups (broad SMARTS) is 2. The summed E-state index contributed by atoms with van der Waals surface area (Å²) in [4.78, 5) is 28.1. The first-order chi connectivity index (χ1) is 10.00. The molecule has 5 N–H and O–H groups in total. The van der Waals surface area contributed by atoms with Gasteiger partial charge in [-0.3, -0.25) is 9.59 Å². The van der Waals surface area contributed by atoms with Crippen molar-refractivity contribution in [3.05, 3.63) is 18.2 Å². The molecule has 1 aromatic rings. The van der Waals surface area contributed by atoms with Crippen molar-refractivity contribution in [2.24, 2.45) is 11.1 Å². The second-order valence-electron chi connectivity index (χ2n) is 5.29. The Balaban J connectivity index is 0.000000235. The van der Waals surface area contributed by atoms with Gasteiger partial charge in [-0.2, -0.15) is 0 Å². The van der Waals surface area contributed by atoms with E-state index >= 15 is 0 Å². The quantitative estimate of drug-likeness (QED) is 0.628. The first-order valence-electron chi connectivity index (χ1n) is 7.13. The molecule has 7 nitrogen and oxygen atoms in total.